The Hall–Kier alpha value is -1.46. The number of ether oxygens (including phenoxy) is 1. The third kappa shape index (κ3) is 4.79. The average Bonchev–Trinajstić information content (AvgIpc) is 2.99. The van der Waals surface area contributed by atoms with Crippen molar-refractivity contribution in [1.29, 1.82) is 0 Å². The number of carbonyl (C=O) groups is 1. The lowest BCUT2D eigenvalue weighted by molar-refractivity contribution is -0.119. The number of benzene rings is 1. The summed E-state index contributed by atoms with van der Waals surface area (Å²) in [7, 11) is 0. The molecule has 1 atom stereocenters. The topological polar surface area (TPSA) is 55.6 Å². The van der Waals surface area contributed by atoms with Gasteiger partial charge >= 0.3 is 0 Å². The molecule has 0 radical (unpaired) electrons. The Balaban J connectivity index is 1.98. The van der Waals surface area contributed by atoms with Crippen molar-refractivity contribution >= 4 is 11.6 Å². The van der Waals surface area contributed by atoms with Crippen LogP contribution in [0.1, 0.15) is 32.1 Å². The van der Waals surface area contributed by atoms with Crippen molar-refractivity contribution in [3.05, 3.63) is 30.1 Å². The molecule has 0 spiro atoms. The van der Waals surface area contributed by atoms with Crippen molar-refractivity contribution in [1.82, 2.24) is 0 Å². The quantitative estimate of drug-likeness (QED) is 0.840. The molecule has 1 aliphatic rings. The monoisotopic (exact) mass is 294 g/mol. The molecule has 2 rings (SSSR count). The van der Waals surface area contributed by atoms with Gasteiger partial charge in [0.1, 0.15) is 5.82 Å². The lowest BCUT2D eigenvalue weighted by Gasteiger charge is -2.23. The first kappa shape index (κ1) is 15.9. The summed E-state index contributed by atoms with van der Waals surface area (Å²) in [4.78, 5) is 14.1. The highest BCUT2D eigenvalue weighted by Gasteiger charge is 2.20. The number of anilines is 1. The molecule has 2 N–H and O–H groups in total. The van der Waals surface area contributed by atoms with Gasteiger partial charge in [-0.05, 0) is 50.4 Å². The van der Waals surface area contributed by atoms with Crippen LogP contribution >= 0.6 is 0 Å². The molecule has 0 aromatic heterocycles. The highest BCUT2D eigenvalue weighted by Crippen LogP contribution is 2.21. The van der Waals surface area contributed by atoms with Crippen LogP contribution in [0.3, 0.4) is 0 Å². The van der Waals surface area contributed by atoms with E-state index in [9.17, 15) is 9.18 Å². The zero-order valence-electron chi connectivity index (χ0n) is 12.3. The zero-order valence-corrected chi connectivity index (χ0v) is 12.3. The smallest absolute Gasteiger partial charge is 0.227 e. The number of nitrogens with zero attached hydrogens (tertiary/aromatic N) is 1. The van der Waals surface area contributed by atoms with Crippen molar-refractivity contribution in [2.75, 3.05) is 24.6 Å². The number of hydrogen-bond acceptors (Lipinski definition) is 3. The number of halogens is 1. The molecule has 1 aromatic carbocycles. The predicted molar refractivity (Wildman–Crippen MR) is 80.6 cm³/mol. The summed E-state index contributed by atoms with van der Waals surface area (Å²) in [6.45, 7) is 1.81. The molecule has 21 heavy (non-hydrogen) atoms. The van der Waals surface area contributed by atoms with E-state index >= 15 is 0 Å². The molecule has 1 amide bonds. The summed E-state index contributed by atoms with van der Waals surface area (Å²) < 4.78 is 18.9. The van der Waals surface area contributed by atoms with Gasteiger partial charge in [-0.2, -0.15) is 0 Å². The minimum Gasteiger partial charge on any atom is -0.378 e. The minimum absolute atomic E-state index is 0.00421. The van der Waals surface area contributed by atoms with Crippen molar-refractivity contribution in [2.45, 2.75) is 38.2 Å². The van der Waals surface area contributed by atoms with Gasteiger partial charge in [-0.1, -0.05) is 6.07 Å². The molecule has 1 saturated heterocycles. The van der Waals surface area contributed by atoms with E-state index in [0.29, 0.717) is 31.6 Å². The molecule has 5 heteroatoms. The molecule has 0 aliphatic carbocycles. The van der Waals surface area contributed by atoms with Crippen LogP contribution in [0.25, 0.3) is 0 Å². The summed E-state index contributed by atoms with van der Waals surface area (Å²) in [6.07, 6.45) is 4.13. The molecule has 4 nitrogen and oxygen atoms in total. The van der Waals surface area contributed by atoms with Crippen LogP contribution in [-0.4, -0.2) is 31.7 Å². The maximum Gasteiger partial charge on any atom is 0.227 e. The van der Waals surface area contributed by atoms with Gasteiger partial charge in [0.15, 0.2) is 0 Å². The second-order valence-electron chi connectivity index (χ2n) is 5.34. The molecule has 1 fully saturated rings. The summed E-state index contributed by atoms with van der Waals surface area (Å²) in [5.74, 6) is -0.332. The Kier molecular flexibility index (Phi) is 6.14. The molecular formula is C16H23FN2O2. The first-order valence-electron chi connectivity index (χ1n) is 7.58. The zero-order chi connectivity index (χ0) is 15.1. The summed E-state index contributed by atoms with van der Waals surface area (Å²) in [6, 6.07) is 6.14. The molecular weight excluding hydrogens is 271 g/mol. The molecule has 116 valence electrons. The molecule has 0 saturated carbocycles. The van der Waals surface area contributed by atoms with Gasteiger partial charge in [0, 0.05) is 25.3 Å². The average molecular weight is 294 g/mol. The minimum atomic E-state index is -0.336. The number of amides is 1. The van der Waals surface area contributed by atoms with E-state index in [4.69, 9.17) is 10.5 Å². The van der Waals surface area contributed by atoms with Gasteiger partial charge in [0.2, 0.25) is 5.91 Å². The van der Waals surface area contributed by atoms with E-state index < -0.39 is 0 Å². The Morgan fingerprint density at radius 1 is 1.48 bits per heavy atom. The second-order valence-corrected chi connectivity index (χ2v) is 5.34. The number of nitrogens with two attached hydrogens (primary N) is 1. The fourth-order valence-electron chi connectivity index (χ4n) is 2.58. The van der Waals surface area contributed by atoms with Crippen LogP contribution in [0, 0.1) is 5.82 Å². The lowest BCUT2D eigenvalue weighted by Crippen LogP contribution is -2.33. The lowest BCUT2D eigenvalue weighted by atomic mass is 10.1. The first-order valence-corrected chi connectivity index (χ1v) is 7.58. The van der Waals surface area contributed by atoms with E-state index in [1.54, 1.807) is 17.0 Å². The summed E-state index contributed by atoms with van der Waals surface area (Å²) in [5.41, 5.74) is 6.12. The van der Waals surface area contributed by atoms with Gasteiger partial charge < -0.3 is 15.4 Å². The van der Waals surface area contributed by atoms with E-state index in [2.05, 4.69) is 0 Å². The van der Waals surface area contributed by atoms with Gasteiger partial charge in [-0.25, -0.2) is 4.39 Å². The number of hydrogen-bond donors (Lipinski definition) is 1. The summed E-state index contributed by atoms with van der Waals surface area (Å²) >= 11 is 0. The predicted octanol–water partition coefficient (Wildman–Crippen LogP) is 2.47. The normalized spacial score (nSPS) is 17.9. The van der Waals surface area contributed by atoms with E-state index in [1.165, 1.54) is 12.1 Å². The van der Waals surface area contributed by atoms with Gasteiger partial charge in [0.25, 0.3) is 0 Å². The molecule has 1 heterocycles. The molecule has 0 bridgehead atoms. The SMILES string of the molecule is NCCCN(C(=O)CCC1CCCO1)c1cccc(F)c1. The van der Waals surface area contributed by atoms with Crippen molar-refractivity contribution in [3.8, 4) is 0 Å². The van der Waals surface area contributed by atoms with Crippen LogP contribution in [0.5, 0.6) is 0 Å². The second kappa shape index (κ2) is 8.10. The van der Waals surface area contributed by atoms with E-state index in [-0.39, 0.29) is 17.8 Å². The maximum atomic E-state index is 13.4. The van der Waals surface area contributed by atoms with Crippen LogP contribution < -0.4 is 10.6 Å². The van der Waals surface area contributed by atoms with Gasteiger partial charge in [-0.3, -0.25) is 4.79 Å². The standard InChI is InChI=1S/C16H23FN2O2/c17-13-4-1-5-14(12-13)19(10-3-9-18)16(20)8-7-15-6-2-11-21-15/h1,4-5,12,15H,2-3,6-11,18H2. The van der Waals surface area contributed by atoms with Crippen molar-refractivity contribution < 1.29 is 13.9 Å². The summed E-state index contributed by atoms with van der Waals surface area (Å²) in [5, 5.41) is 0. The third-order valence-electron chi connectivity index (χ3n) is 3.71. The highest BCUT2D eigenvalue weighted by molar-refractivity contribution is 5.93. The largest absolute Gasteiger partial charge is 0.378 e. The van der Waals surface area contributed by atoms with Crippen LogP contribution in [0.15, 0.2) is 24.3 Å². The highest BCUT2D eigenvalue weighted by atomic mass is 19.1. The fourth-order valence-corrected chi connectivity index (χ4v) is 2.58. The molecule has 1 aliphatic heterocycles. The first-order chi connectivity index (χ1) is 10.2. The van der Waals surface area contributed by atoms with E-state index in [1.807, 2.05) is 0 Å². The fraction of sp³-hybridized carbons (Fsp3) is 0.562. The van der Waals surface area contributed by atoms with Gasteiger partial charge in [-0.15, -0.1) is 0 Å². The molecule has 1 unspecified atom stereocenters. The van der Waals surface area contributed by atoms with Gasteiger partial charge in [0.05, 0.1) is 6.10 Å². The van der Waals surface area contributed by atoms with Crippen molar-refractivity contribution in [3.63, 3.8) is 0 Å². The number of carbonyl (C=O) groups excluding carboxylic acids is 1. The van der Waals surface area contributed by atoms with Crippen LogP contribution in [0.2, 0.25) is 0 Å². The van der Waals surface area contributed by atoms with Crippen LogP contribution in [-0.2, 0) is 9.53 Å². The Morgan fingerprint density at radius 2 is 2.33 bits per heavy atom. The number of rotatable bonds is 7. The Bertz CT molecular complexity index is 461. The maximum absolute atomic E-state index is 13.4. The van der Waals surface area contributed by atoms with Crippen LogP contribution in [0.4, 0.5) is 10.1 Å². The molecule has 1 aromatic rings. The Labute approximate surface area is 125 Å². The van der Waals surface area contributed by atoms with E-state index in [0.717, 1.165) is 25.9 Å². The van der Waals surface area contributed by atoms with Crippen molar-refractivity contribution in [2.24, 2.45) is 5.73 Å². The Morgan fingerprint density at radius 3 is 3.00 bits per heavy atom. The third-order valence-corrected chi connectivity index (χ3v) is 3.71.